The van der Waals surface area contributed by atoms with Crippen molar-refractivity contribution in [3.63, 3.8) is 0 Å². The number of rotatable bonds is 5. The maximum absolute atomic E-state index is 13.2. The number of thioether (sulfide) groups is 1. The Morgan fingerprint density at radius 1 is 1.07 bits per heavy atom. The number of halogens is 1. The summed E-state index contributed by atoms with van der Waals surface area (Å²) in [4.78, 5) is 15.0. The lowest BCUT2D eigenvalue weighted by atomic mass is 10.1. The molecule has 150 valence electrons. The molecule has 1 aliphatic rings. The number of aromatic nitrogens is 3. The van der Waals surface area contributed by atoms with Gasteiger partial charge in [-0.25, -0.2) is 9.07 Å². The fourth-order valence-electron chi connectivity index (χ4n) is 3.10. The second-order valence-electron chi connectivity index (χ2n) is 6.53. The van der Waals surface area contributed by atoms with Gasteiger partial charge in [0.05, 0.1) is 13.2 Å². The van der Waals surface area contributed by atoms with Crippen LogP contribution >= 0.6 is 11.8 Å². The number of amides is 1. The Hall–Kier alpha value is -2.91. The number of nitrogens with zero attached hydrogens (tertiary/aromatic N) is 4. The van der Waals surface area contributed by atoms with Crippen LogP contribution in [0.4, 0.5) is 4.39 Å². The molecule has 1 fully saturated rings. The molecule has 0 spiro atoms. The molecule has 0 unspecified atom stereocenters. The molecule has 9 heteroatoms. The van der Waals surface area contributed by atoms with Crippen LogP contribution in [0, 0.1) is 5.82 Å². The smallest absolute Gasteiger partial charge is 0.240 e. The van der Waals surface area contributed by atoms with Crippen LogP contribution in [0.2, 0.25) is 0 Å². The van der Waals surface area contributed by atoms with Gasteiger partial charge in [-0.2, -0.15) is 0 Å². The van der Waals surface area contributed by atoms with Crippen molar-refractivity contribution in [3.05, 3.63) is 66.0 Å². The third-order valence-corrected chi connectivity index (χ3v) is 5.84. The second-order valence-corrected chi connectivity index (χ2v) is 7.60. The molecule has 4 rings (SSSR count). The number of carbonyl (C=O) groups is 1. The summed E-state index contributed by atoms with van der Waals surface area (Å²) in [7, 11) is 0. The van der Waals surface area contributed by atoms with Gasteiger partial charge in [0, 0.05) is 18.7 Å². The predicted octanol–water partition coefficient (Wildman–Crippen LogP) is 2.49. The minimum atomic E-state index is -0.512. The van der Waals surface area contributed by atoms with Crippen molar-refractivity contribution in [1.82, 2.24) is 19.8 Å². The zero-order valence-electron chi connectivity index (χ0n) is 15.6. The fraction of sp³-hybridized carbons (Fsp3) is 0.250. The van der Waals surface area contributed by atoms with Crippen LogP contribution in [-0.4, -0.2) is 52.0 Å². The van der Waals surface area contributed by atoms with Crippen LogP contribution in [0.25, 0.3) is 11.4 Å². The van der Waals surface area contributed by atoms with Crippen molar-refractivity contribution >= 4 is 17.7 Å². The van der Waals surface area contributed by atoms with Crippen LogP contribution in [0.15, 0.2) is 59.8 Å². The molecule has 1 amide bonds. The van der Waals surface area contributed by atoms with E-state index in [9.17, 15) is 9.18 Å². The van der Waals surface area contributed by atoms with Gasteiger partial charge in [0.1, 0.15) is 11.1 Å². The number of benzene rings is 2. The number of nitrogen functional groups attached to an aromatic ring is 1. The molecular weight excluding hydrogens is 393 g/mol. The Labute approximate surface area is 171 Å². The summed E-state index contributed by atoms with van der Waals surface area (Å²) in [5.41, 5.74) is 1.50. The van der Waals surface area contributed by atoms with Crippen molar-refractivity contribution in [2.45, 2.75) is 10.4 Å². The number of hydrogen-bond acceptors (Lipinski definition) is 6. The van der Waals surface area contributed by atoms with Crippen molar-refractivity contribution < 1.29 is 13.9 Å². The van der Waals surface area contributed by atoms with Gasteiger partial charge in [0.15, 0.2) is 5.82 Å². The molecule has 2 aromatic carbocycles. The lowest BCUT2D eigenvalue weighted by molar-refractivity contribution is -0.134. The van der Waals surface area contributed by atoms with Gasteiger partial charge in [-0.1, -0.05) is 42.1 Å². The zero-order valence-corrected chi connectivity index (χ0v) is 16.4. The molecule has 0 saturated carbocycles. The first-order valence-corrected chi connectivity index (χ1v) is 10.1. The van der Waals surface area contributed by atoms with Crippen molar-refractivity contribution in [3.8, 4) is 11.4 Å². The Morgan fingerprint density at radius 3 is 2.45 bits per heavy atom. The molecular formula is C20H20FN5O2S. The van der Waals surface area contributed by atoms with E-state index in [0.29, 0.717) is 42.8 Å². The average molecular weight is 413 g/mol. The first-order valence-electron chi connectivity index (χ1n) is 9.18. The molecule has 0 bridgehead atoms. The van der Waals surface area contributed by atoms with E-state index >= 15 is 0 Å². The van der Waals surface area contributed by atoms with Crippen LogP contribution in [0.5, 0.6) is 0 Å². The van der Waals surface area contributed by atoms with Gasteiger partial charge >= 0.3 is 0 Å². The van der Waals surface area contributed by atoms with Gasteiger partial charge in [-0.05, 0) is 29.8 Å². The van der Waals surface area contributed by atoms with Crippen molar-refractivity contribution in [2.75, 3.05) is 32.1 Å². The van der Waals surface area contributed by atoms with E-state index in [2.05, 4.69) is 10.2 Å². The largest absolute Gasteiger partial charge is 0.378 e. The SMILES string of the molecule is Nn1c(S[C@@H](C(=O)N2CCOCC2)c2ccccc2)nnc1-c1ccc(F)cc1. The van der Waals surface area contributed by atoms with Gasteiger partial charge in [0.25, 0.3) is 0 Å². The van der Waals surface area contributed by atoms with Gasteiger partial charge in [0.2, 0.25) is 11.1 Å². The van der Waals surface area contributed by atoms with E-state index in [4.69, 9.17) is 10.6 Å². The number of hydrogen-bond donors (Lipinski definition) is 1. The van der Waals surface area contributed by atoms with E-state index in [1.54, 1.807) is 17.0 Å². The standard InChI is InChI=1S/C20H20FN5O2S/c21-16-8-6-15(7-9-16)18-23-24-20(26(18)22)29-17(14-4-2-1-3-5-14)19(27)25-10-12-28-13-11-25/h1-9,17H,10-13,22H2/t17-/m1/s1. The molecule has 0 aliphatic carbocycles. The molecule has 1 saturated heterocycles. The summed E-state index contributed by atoms with van der Waals surface area (Å²) < 4.78 is 19.9. The minimum Gasteiger partial charge on any atom is -0.378 e. The van der Waals surface area contributed by atoms with E-state index in [0.717, 1.165) is 5.56 Å². The summed E-state index contributed by atoms with van der Waals surface area (Å²) in [5.74, 6) is 6.25. The number of ether oxygens (including phenoxy) is 1. The highest BCUT2D eigenvalue weighted by molar-refractivity contribution is 8.00. The van der Waals surface area contributed by atoms with Crippen molar-refractivity contribution in [1.29, 1.82) is 0 Å². The Bertz CT molecular complexity index is 974. The molecule has 1 atom stereocenters. The highest BCUT2D eigenvalue weighted by Gasteiger charge is 2.30. The number of carbonyl (C=O) groups excluding carboxylic acids is 1. The summed E-state index contributed by atoms with van der Waals surface area (Å²) >= 11 is 1.25. The predicted molar refractivity (Wildman–Crippen MR) is 108 cm³/mol. The molecule has 3 aromatic rings. The minimum absolute atomic E-state index is 0.0177. The van der Waals surface area contributed by atoms with E-state index < -0.39 is 5.25 Å². The van der Waals surface area contributed by atoms with Gasteiger partial charge in [-0.15, -0.1) is 10.2 Å². The molecule has 7 nitrogen and oxygen atoms in total. The monoisotopic (exact) mass is 413 g/mol. The summed E-state index contributed by atoms with van der Waals surface area (Å²) in [6, 6.07) is 15.4. The second kappa shape index (κ2) is 8.62. The summed E-state index contributed by atoms with van der Waals surface area (Å²) in [6.45, 7) is 2.16. The lowest BCUT2D eigenvalue weighted by Crippen LogP contribution is -2.42. The first-order chi connectivity index (χ1) is 14.1. The highest BCUT2D eigenvalue weighted by Crippen LogP contribution is 2.36. The Balaban J connectivity index is 1.62. The average Bonchev–Trinajstić information content (AvgIpc) is 3.13. The van der Waals surface area contributed by atoms with Crippen LogP contribution < -0.4 is 5.84 Å². The zero-order chi connectivity index (χ0) is 20.2. The molecule has 0 radical (unpaired) electrons. The van der Waals surface area contributed by atoms with E-state index in [1.807, 2.05) is 30.3 Å². The maximum atomic E-state index is 13.2. The molecule has 1 aliphatic heterocycles. The van der Waals surface area contributed by atoms with Gasteiger partial charge in [-0.3, -0.25) is 4.79 Å². The third-order valence-electron chi connectivity index (χ3n) is 4.64. The van der Waals surface area contributed by atoms with Crippen molar-refractivity contribution in [2.24, 2.45) is 0 Å². The normalized spacial score (nSPS) is 15.3. The molecule has 1 aromatic heterocycles. The topological polar surface area (TPSA) is 86.3 Å². The summed E-state index contributed by atoms with van der Waals surface area (Å²) in [5, 5.41) is 8.19. The lowest BCUT2D eigenvalue weighted by Gasteiger charge is -2.30. The van der Waals surface area contributed by atoms with Crippen LogP contribution in [-0.2, 0) is 9.53 Å². The van der Waals surface area contributed by atoms with Gasteiger partial charge < -0.3 is 15.5 Å². The summed E-state index contributed by atoms with van der Waals surface area (Å²) in [6.07, 6.45) is 0. The fourth-order valence-corrected chi connectivity index (χ4v) is 4.14. The number of nitrogens with two attached hydrogens (primary N) is 1. The van der Waals surface area contributed by atoms with E-state index in [-0.39, 0.29) is 11.7 Å². The first kappa shape index (κ1) is 19.4. The number of morpholine rings is 1. The van der Waals surface area contributed by atoms with Crippen LogP contribution in [0.1, 0.15) is 10.8 Å². The molecule has 29 heavy (non-hydrogen) atoms. The third kappa shape index (κ3) is 4.25. The van der Waals surface area contributed by atoms with Crippen LogP contribution in [0.3, 0.4) is 0 Å². The Kier molecular flexibility index (Phi) is 5.77. The molecule has 2 N–H and O–H groups in total. The maximum Gasteiger partial charge on any atom is 0.240 e. The Morgan fingerprint density at radius 2 is 1.76 bits per heavy atom. The highest BCUT2D eigenvalue weighted by atomic mass is 32.2. The molecule has 2 heterocycles. The quantitative estimate of drug-likeness (QED) is 0.511. The van der Waals surface area contributed by atoms with E-state index in [1.165, 1.54) is 28.6 Å².